The van der Waals surface area contributed by atoms with E-state index in [1.165, 1.54) is 0 Å². The Kier molecular flexibility index (Phi) is 5.11. The highest BCUT2D eigenvalue weighted by atomic mass is 32.1. The highest BCUT2D eigenvalue weighted by Gasteiger charge is 2.10. The van der Waals surface area contributed by atoms with Crippen LogP contribution in [0.1, 0.15) is 31.9 Å². The van der Waals surface area contributed by atoms with Gasteiger partial charge in [0.2, 0.25) is 0 Å². The lowest BCUT2D eigenvalue weighted by Crippen LogP contribution is -2.23. The Morgan fingerprint density at radius 1 is 1.28 bits per heavy atom. The van der Waals surface area contributed by atoms with Crippen LogP contribution in [0.5, 0.6) is 5.75 Å². The molecule has 0 aliphatic heterocycles. The number of hydrogen-bond acceptors (Lipinski definition) is 3. The Balaban J connectivity index is 2.59. The zero-order valence-corrected chi connectivity index (χ0v) is 12.3. The molecule has 1 rings (SSSR count). The van der Waals surface area contributed by atoms with E-state index in [0.717, 1.165) is 11.1 Å². The SMILES string of the molecule is Cc1ccc(OCCOC(C)(C)C)c(C(N)=S)c1. The monoisotopic (exact) mass is 267 g/mol. The topological polar surface area (TPSA) is 44.5 Å². The third-order valence-corrected chi connectivity index (χ3v) is 2.50. The van der Waals surface area contributed by atoms with Gasteiger partial charge in [0.15, 0.2) is 0 Å². The average molecular weight is 267 g/mol. The fourth-order valence-electron chi connectivity index (χ4n) is 1.46. The summed E-state index contributed by atoms with van der Waals surface area (Å²) in [6.45, 7) is 9.05. The van der Waals surface area contributed by atoms with E-state index in [2.05, 4.69) is 0 Å². The van der Waals surface area contributed by atoms with Crippen LogP contribution in [0.3, 0.4) is 0 Å². The molecule has 2 N–H and O–H groups in total. The first-order chi connectivity index (χ1) is 8.29. The van der Waals surface area contributed by atoms with Gasteiger partial charge in [-0.1, -0.05) is 23.8 Å². The van der Waals surface area contributed by atoms with Gasteiger partial charge in [-0.05, 0) is 39.8 Å². The van der Waals surface area contributed by atoms with Gasteiger partial charge in [0, 0.05) is 0 Å². The maximum Gasteiger partial charge on any atom is 0.129 e. The summed E-state index contributed by atoms with van der Waals surface area (Å²) < 4.78 is 11.2. The van der Waals surface area contributed by atoms with Gasteiger partial charge in [-0.15, -0.1) is 0 Å². The van der Waals surface area contributed by atoms with Crippen molar-refractivity contribution in [2.24, 2.45) is 5.73 Å². The second-order valence-corrected chi connectivity index (χ2v) is 5.61. The van der Waals surface area contributed by atoms with E-state index in [1.54, 1.807) is 0 Å². The van der Waals surface area contributed by atoms with Gasteiger partial charge < -0.3 is 15.2 Å². The maximum atomic E-state index is 5.68. The van der Waals surface area contributed by atoms with Crippen LogP contribution in [0.15, 0.2) is 18.2 Å². The van der Waals surface area contributed by atoms with Crippen LogP contribution in [-0.2, 0) is 4.74 Å². The molecule has 0 saturated heterocycles. The molecule has 1 aromatic rings. The standard InChI is InChI=1S/C14H21NO2S/c1-10-5-6-12(11(9-10)13(15)18)16-7-8-17-14(2,3)4/h5-6,9H,7-8H2,1-4H3,(H2,15,18). The van der Waals surface area contributed by atoms with Crippen molar-refractivity contribution < 1.29 is 9.47 Å². The molecule has 0 fully saturated rings. The van der Waals surface area contributed by atoms with Crippen LogP contribution < -0.4 is 10.5 Å². The number of aryl methyl sites for hydroxylation is 1. The number of ether oxygens (including phenoxy) is 2. The summed E-state index contributed by atoms with van der Waals surface area (Å²) in [5.41, 5.74) is 7.41. The molecule has 0 radical (unpaired) electrons. The Morgan fingerprint density at radius 2 is 1.94 bits per heavy atom. The highest BCUT2D eigenvalue weighted by Crippen LogP contribution is 2.20. The molecule has 0 unspecified atom stereocenters. The predicted octanol–water partition coefficient (Wildman–Crippen LogP) is 2.82. The Labute approximate surface area is 114 Å². The second-order valence-electron chi connectivity index (χ2n) is 5.17. The number of nitrogens with two attached hydrogens (primary N) is 1. The van der Waals surface area contributed by atoms with E-state index in [0.29, 0.717) is 24.0 Å². The van der Waals surface area contributed by atoms with E-state index in [-0.39, 0.29) is 5.60 Å². The van der Waals surface area contributed by atoms with Crippen molar-refractivity contribution in [1.82, 2.24) is 0 Å². The molecule has 0 amide bonds. The molecule has 1 aromatic carbocycles. The molecule has 18 heavy (non-hydrogen) atoms. The minimum absolute atomic E-state index is 0.150. The Hall–Kier alpha value is -1.13. The van der Waals surface area contributed by atoms with Crippen LogP contribution in [0.25, 0.3) is 0 Å². The lowest BCUT2D eigenvalue weighted by Gasteiger charge is -2.20. The molecular formula is C14H21NO2S. The number of rotatable bonds is 5. The van der Waals surface area contributed by atoms with Crippen LogP contribution in [-0.4, -0.2) is 23.8 Å². The fraction of sp³-hybridized carbons (Fsp3) is 0.500. The van der Waals surface area contributed by atoms with Crippen LogP contribution in [0.2, 0.25) is 0 Å². The van der Waals surface area contributed by atoms with Crippen LogP contribution in [0, 0.1) is 6.92 Å². The summed E-state index contributed by atoms with van der Waals surface area (Å²) >= 11 is 5.01. The summed E-state index contributed by atoms with van der Waals surface area (Å²) in [6.07, 6.45) is 0. The lowest BCUT2D eigenvalue weighted by atomic mass is 10.1. The first-order valence-corrected chi connectivity index (χ1v) is 6.37. The van der Waals surface area contributed by atoms with E-state index in [4.69, 9.17) is 27.4 Å². The van der Waals surface area contributed by atoms with Gasteiger partial charge in [-0.25, -0.2) is 0 Å². The zero-order valence-electron chi connectivity index (χ0n) is 11.4. The average Bonchev–Trinajstić information content (AvgIpc) is 2.24. The first kappa shape index (κ1) is 14.9. The second kappa shape index (κ2) is 6.16. The first-order valence-electron chi connectivity index (χ1n) is 5.97. The summed E-state index contributed by atoms with van der Waals surface area (Å²) in [4.78, 5) is 0.352. The number of benzene rings is 1. The van der Waals surface area contributed by atoms with Gasteiger partial charge in [-0.3, -0.25) is 0 Å². The van der Waals surface area contributed by atoms with E-state index in [9.17, 15) is 0 Å². The van der Waals surface area contributed by atoms with Crippen molar-refractivity contribution in [3.05, 3.63) is 29.3 Å². The molecular weight excluding hydrogens is 246 g/mol. The largest absolute Gasteiger partial charge is 0.490 e. The third-order valence-electron chi connectivity index (χ3n) is 2.28. The minimum atomic E-state index is -0.150. The minimum Gasteiger partial charge on any atom is -0.490 e. The van der Waals surface area contributed by atoms with Gasteiger partial charge in [0.25, 0.3) is 0 Å². The molecule has 4 heteroatoms. The Morgan fingerprint density at radius 3 is 2.50 bits per heavy atom. The van der Waals surface area contributed by atoms with Crippen molar-refractivity contribution in [3.8, 4) is 5.75 Å². The number of thiocarbonyl (C=S) groups is 1. The molecule has 100 valence electrons. The molecule has 0 spiro atoms. The quantitative estimate of drug-likeness (QED) is 0.658. The van der Waals surface area contributed by atoms with Gasteiger partial charge >= 0.3 is 0 Å². The maximum absolute atomic E-state index is 5.68. The fourth-order valence-corrected chi connectivity index (χ4v) is 1.62. The Bertz CT molecular complexity index is 424. The van der Waals surface area contributed by atoms with Crippen LogP contribution in [0.4, 0.5) is 0 Å². The van der Waals surface area contributed by atoms with Crippen molar-refractivity contribution in [3.63, 3.8) is 0 Å². The summed E-state index contributed by atoms with van der Waals surface area (Å²) in [5, 5.41) is 0. The molecule has 0 aromatic heterocycles. The molecule has 3 nitrogen and oxygen atoms in total. The molecule has 0 saturated carbocycles. The van der Waals surface area contributed by atoms with Gasteiger partial charge in [0.1, 0.15) is 17.3 Å². The normalized spacial score (nSPS) is 11.3. The van der Waals surface area contributed by atoms with Gasteiger partial charge in [0.05, 0.1) is 17.8 Å². The molecule has 0 heterocycles. The molecule has 0 atom stereocenters. The van der Waals surface area contributed by atoms with E-state index in [1.807, 2.05) is 45.9 Å². The van der Waals surface area contributed by atoms with E-state index >= 15 is 0 Å². The molecule has 0 aliphatic rings. The predicted molar refractivity (Wildman–Crippen MR) is 78.3 cm³/mol. The summed E-state index contributed by atoms with van der Waals surface area (Å²) in [5.74, 6) is 0.714. The van der Waals surface area contributed by atoms with Crippen molar-refractivity contribution in [1.29, 1.82) is 0 Å². The van der Waals surface area contributed by atoms with Crippen LogP contribution >= 0.6 is 12.2 Å². The van der Waals surface area contributed by atoms with Crippen molar-refractivity contribution in [2.45, 2.75) is 33.3 Å². The highest BCUT2D eigenvalue weighted by molar-refractivity contribution is 7.80. The lowest BCUT2D eigenvalue weighted by molar-refractivity contribution is -0.0163. The van der Waals surface area contributed by atoms with Gasteiger partial charge in [-0.2, -0.15) is 0 Å². The summed E-state index contributed by atoms with van der Waals surface area (Å²) in [7, 11) is 0. The molecule has 0 bridgehead atoms. The van der Waals surface area contributed by atoms with Crippen molar-refractivity contribution >= 4 is 17.2 Å². The smallest absolute Gasteiger partial charge is 0.129 e. The molecule has 0 aliphatic carbocycles. The number of hydrogen-bond donors (Lipinski definition) is 1. The van der Waals surface area contributed by atoms with Crippen molar-refractivity contribution in [2.75, 3.05) is 13.2 Å². The van der Waals surface area contributed by atoms with E-state index < -0.39 is 0 Å². The third kappa shape index (κ3) is 5.02. The zero-order chi connectivity index (χ0) is 13.8. The summed E-state index contributed by atoms with van der Waals surface area (Å²) in [6, 6.07) is 5.80.